The number of nitrogens with one attached hydrogen (secondary N) is 1. The van der Waals surface area contributed by atoms with Gasteiger partial charge in [0.1, 0.15) is 23.9 Å². The molecule has 2 aromatic heterocycles. The van der Waals surface area contributed by atoms with Crippen molar-refractivity contribution < 1.29 is 27.1 Å². The van der Waals surface area contributed by atoms with Crippen molar-refractivity contribution in [1.82, 2.24) is 19.7 Å². The number of amides is 1. The van der Waals surface area contributed by atoms with Crippen LogP contribution in [0.15, 0.2) is 30.6 Å². The first kappa shape index (κ1) is 20.1. The SMILES string of the molecule is COc1cc(F)cc(-c2cc(C)n3cnc(C(=O)NC(C4CC4)C(F)(F)F)c3n2)c1. The average Bonchev–Trinajstić information content (AvgIpc) is 3.42. The Labute approximate surface area is 168 Å². The summed E-state index contributed by atoms with van der Waals surface area (Å²) in [7, 11) is 1.40. The number of hydrogen-bond donors (Lipinski definition) is 1. The quantitative estimate of drug-likeness (QED) is 0.633. The Hall–Kier alpha value is -3.17. The monoisotopic (exact) mass is 422 g/mol. The number of hydrogen-bond acceptors (Lipinski definition) is 4. The third-order valence-electron chi connectivity index (χ3n) is 5.04. The van der Waals surface area contributed by atoms with Crippen molar-refractivity contribution in [2.24, 2.45) is 5.92 Å². The molecule has 1 aliphatic carbocycles. The van der Waals surface area contributed by atoms with Gasteiger partial charge in [0, 0.05) is 17.3 Å². The molecule has 0 bridgehead atoms. The summed E-state index contributed by atoms with van der Waals surface area (Å²) in [6, 6.07) is 3.78. The van der Waals surface area contributed by atoms with Gasteiger partial charge in [-0.2, -0.15) is 13.2 Å². The highest BCUT2D eigenvalue weighted by Crippen LogP contribution is 2.40. The minimum atomic E-state index is -4.54. The van der Waals surface area contributed by atoms with Crippen LogP contribution in [0.4, 0.5) is 17.6 Å². The van der Waals surface area contributed by atoms with Crippen LogP contribution >= 0.6 is 0 Å². The molecule has 1 atom stereocenters. The van der Waals surface area contributed by atoms with Crippen LogP contribution in [0.25, 0.3) is 16.9 Å². The molecule has 0 saturated heterocycles. The second-order valence-corrected chi connectivity index (χ2v) is 7.28. The van der Waals surface area contributed by atoms with Gasteiger partial charge < -0.3 is 10.1 Å². The lowest BCUT2D eigenvalue weighted by molar-refractivity contribution is -0.158. The largest absolute Gasteiger partial charge is 0.497 e. The number of aromatic nitrogens is 3. The van der Waals surface area contributed by atoms with E-state index in [0.29, 0.717) is 29.8 Å². The number of imidazole rings is 1. The van der Waals surface area contributed by atoms with Crippen LogP contribution in [-0.4, -0.2) is 39.6 Å². The summed E-state index contributed by atoms with van der Waals surface area (Å²) in [5.74, 6) is -1.82. The minimum Gasteiger partial charge on any atom is -0.497 e. The molecule has 1 amide bonds. The highest BCUT2D eigenvalue weighted by atomic mass is 19.4. The van der Waals surface area contributed by atoms with E-state index in [4.69, 9.17) is 4.74 Å². The average molecular weight is 422 g/mol. The van der Waals surface area contributed by atoms with E-state index in [1.54, 1.807) is 19.1 Å². The van der Waals surface area contributed by atoms with Crippen LogP contribution in [0.2, 0.25) is 0 Å². The molecule has 1 fully saturated rings. The van der Waals surface area contributed by atoms with Gasteiger partial charge in [-0.25, -0.2) is 14.4 Å². The Morgan fingerprint density at radius 2 is 2.00 bits per heavy atom. The Morgan fingerprint density at radius 3 is 2.63 bits per heavy atom. The van der Waals surface area contributed by atoms with Gasteiger partial charge in [-0.1, -0.05) is 0 Å². The molecule has 0 spiro atoms. The van der Waals surface area contributed by atoms with Crippen molar-refractivity contribution in [3.8, 4) is 17.0 Å². The fourth-order valence-electron chi connectivity index (χ4n) is 3.36. The molecule has 6 nitrogen and oxygen atoms in total. The molecule has 1 unspecified atom stereocenters. The standard InChI is InChI=1S/C20H18F4N4O2/c1-10-5-15(12-6-13(21)8-14(7-12)30-2)26-18-16(25-9-28(10)18)19(29)27-17(11-3-4-11)20(22,23)24/h5-9,11,17H,3-4H2,1-2H3,(H,27,29). The van der Waals surface area contributed by atoms with Gasteiger partial charge in [0.15, 0.2) is 11.3 Å². The molecule has 0 aliphatic heterocycles. The van der Waals surface area contributed by atoms with Crippen molar-refractivity contribution in [1.29, 1.82) is 0 Å². The molecule has 158 valence electrons. The second kappa shape index (κ2) is 7.26. The smallest absolute Gasteiger partial charge is 0.408 e. The summed E-state index contributed by atoms with van der Waals surface area (Å²) in [5, 5.41) is 2.06. The maximum atomic E-state index is 13.9. The van der Waals surface area contributed by atoms with E-state index in [1.165, 1.54) is 30.0 Å². The molecule has 10 heteroatoms. The molecule has 1 aromatic carbocycles. The molecule has 1 aliphatic rings. The normalized spacial score (nSPS) is 15.3. The summed E-state index contributed by atoms with van der Waals surface area (Å²) in [5.41, 5.74) is 1.22. The highest BCUT2D eigenvalue weighted by Gasteiger charge is 2.50. The molecular weight excluding hydrogens is 404 g/mol. The first-order valence-corrected chi connectivity index (χ1v) is 9.24. The number of halogens is 4. The van der Waals surface area contributed by atoms with E-state index in [9.17, 15) is 22.4 Å². The summed E-state index contributed by atoms with van der Waals surface area (Å²) < 4.78 is 60.3. The van der Waals surface area contributed by atoms with E-state index >= 15 is 0 Å². The van der Waals surface area contributed by atoms with Crippen LogP contribution < -0.4 is 10.1 Å². The molecule has 1 saturated carbocycles. The lowest BCUT2D eigenvalue weighted by atomic mass is 10.1. The molecule has 3 aromatic rings. The first-order chi connectivity index (χ1) is 14.2. The van der Waals surface area contributed by atoms with Crippen LogP contribution in [0.1, 0.15) is 29.0 Å². The van der Waals surface area contributed by atoms with Crippen LogP contribution in [0.3, 0.4) is 0 Å². The van der Waals surface area contributed by atoms with Gasteiger partial charge in [-0.3, -0.25) is 9.20 Å². The predicted molar refractivity (Wildman–Crippen MR) is 99.7 cm³/mol. The number of benzene rings is 1. The summed E-state index contributed by atoms with van der Waals surface area (Å²) >= 11 is 0. The summed E-state index contributed by atoms with van der Waals surface area (Å²) in [6.45, 7) is 1.72. The first-order valence-electron chi connectivity index (χ1n) is 9.24. The number of carbonyl (C=O) groups is 1. The fraction of sp³-hybridized carbons (Fsp3) is 0.350. The number of ether oxygens (including phenoxy) is 1. The van der Waals surface area contributed by atoms with Crippen molar-refractivity contribution >= 4 is 11.6 Å². The van der Waals surface area contributed by atoms with E-state index in [0.717, 1.165) is 0 Å². The van der Waals surface area contributed by atoms with E-state index in [2.05, 4.69) is 15.3 Å². The number of rotatable bonds is 5. The number of fused-ring (bicyclic) bond motifs is 1. The van der Waals surface area contributed by atoms with Crippen LogP contribution in [0, 0.1) is 18.7 Å². The third-order valence-corrected chi connectivity index (χ3v) is 5.04. The van der Waals surface area contributed by atoms with E-state index in [-0.39, 0.29) is 17.1 Å². The number of nitrogens with zero attached hydrogens (tertiary/aromatic N) is 3. The molecular formula is C20H18F4N4O2. The highest BCUT2D eigenvalue weighted by molar-refractivity contribution is 5.98. The maximum absolute atomic E-state index is 13.9. The lowest BCUT2D eigenvalue weighted by Crippen LogP contribution is -2.47. The van der Waals surface area contributed by atoms with Crippen molar-refractivity contribution in [2.45, 2.75) is 32.0 Å². The molecule has 2 heterocycles. The zero-order valence-corrected chi connectivity index (χ0v) is 16.1. The van der Waals surface area contributed by atoms with Crippen LogP contribution in [-0.2, 0) is 0 Å². The number of carbonyl (C=O) groups excluding carboxylic acids is 1. The van der Waals surface area contributed by atoms with Gasteiger partial charge in [0.05, 0.1) is 12.8 Å². The molecule has 0 radical (unpaired) electrons. The van der Waals surface area contributed by atoms with Crippen molar-refractivity contribution in [2.75, 3.05) is 7.11 Å². The number of aryl methyl sites for hydroxylation is 1. The van der Waals surface area contributed by atoms with Gasteiger partial charge >= 0.3 is 6.18 Å². The third kappa shape index (κ3) is 3.81. The number of alkyl halides is 3. The zero-order chi connectivity index (χ0) is 21.6. The van der Waals surface area contributed by atoms with Crippen molar-refractivity contribution in [3.05, 3.63) is 47.8 Å². The topological polar surface area (TPSA) is 68.5 Å². The summed E-state index contributed by atoms with van der Waals surface area (Å²) in [6.07, 6.45) is -2.39. The van der Waals surface area contributed by atoms with Gasteiger partial charge in [-0.15, -0.1) is 0 Å². The molecule has 30 heavy (non-hydrogen) atoms. The lowest BCUT2D eigenvalue weighted by Gasteiger charge is -2.20. The molecule has 4 rings (SSSR count). The van der Waals surface area contributed by atoms with Crippen LogP contribution in [0.5, 0.6) is 5.75 Å². The zero-order valence-electron chi connectivity index (χ0n) is 16.1. The predicted octanol–water partition coefficient (Wildman–Crippen LogP) is 3.92. The Bertz CT molecular complexity index is 1120. The maximum Gasteiger partial charge on any atom is 0.408 e. The van der Waals surface area contributed by atoms with E-state index < -0.39 is 29.9 Å². The van der Waals surface area contributed by atoms with Gasteiger partial charge in [0.25, 0.3) is 5.91 Å². The second-order valence-electron chi connectivity index (χ2n) is 7.28. The Balaban J connectivity index is 1.74. The fourth-order valence-corrected chi connectivity index (χ4v) is 3.36. The number of methoxy groups -OCH3 is 1. The van der Waals surface area contributed by atoms with Gasteiger partial charge in [-0.05, 0) is 43.9 Å². The minimum absolute atomic E-state index is 0.0856. The Morgan fingerprint density at radius 1 is 1.27 bits per heavy atom. The van der Waals surface area contributed by atoms with E-state index in [1.807, 2.05) is 0 Å². The Kier molecular flexibility index (Phi) is 4.87. The summed E-state index contributed by atoms with van der Waals surface area (Å²) in [4.78, 5) is 21.0. The van der Waals surface area contributed by atoms with Gasteiger partial charge in [0.2, 0.25) is 0 Å². The molecule has 1 N–H and O–H groups in total. The van der Waals surface area contributed by atoms with Crippen molar-refractivity contribution in [3.63, 3.8) is 0 Å².